The molecule has 0 fully saturated rings. The fourth-order valence-corrected chi connectivity index (χ4v) is 1.48. The van der Waals surface area contributed by atoms with Crippen LogP contribution in [-0.4, -0.2) is 47.2 Å². The summed E-state index contributed by atoms with van der Waals surface area (Å²) in [5.41, 5.74) is 0.887. The summed E-state index contributed by atoms with van der Waals surface area (Å²) in [5, 5.41) is 12.1. The zero-order valence-electron chi connectivity index (χ0n) is 11.2. The van der Waals surface area contributed by atoms with E-state index >= 15 is 0 Å². The van der Waals surface area contributed by atoms with Crippen molar-refractivity contribution < 1.29 is 13.9 Å². The SMILES string of the molecule is CC(C)NCc1cnc(N(CCO)CC(F)F)nc1. The molecule has 0 aromatic carbocycles. The Morgan fingerprint density at radius 1 is 1.32 bits per heavy atom. The molecule has 1 heterocycles. The second kappa shape index (κ2) is 7.96. The molecule has 0 unspecified atom stereocenters. The summed E-state index contributed by atoms with van der Waals surface area (Å²) < 4.78 is 24.8. The van der Waals surface area contributed by atoms with Crippen LogP contribution in [0.5, 0.6) is 0 Å². The molecule has 7 heteroatoms. The van der Waals surface area contributed by atoms with E-state index in [1.165, 1.54) is 4.90 Å². The number of aliphatic hydroxyl groups is 1. The van der Waals surface area contributed by atoms with Crippen molar-refractivity contribution in [2.75, 3.05) is 24.6 Å². The third kappa shape index (κ3) is 5.89. The van der Waals surface area contributed by atoms with Crippen molar-refractivity contribution in [1.29, 1.82) is 0 Å². The summed E-state index contributed by atoms with van der Waals surface area (Å²) in [6, 6.07) is 0.351. The molecule has 19 heavy (non-hydrogen) atoms. The van der Waals surface area contributed by atoms with Gasteiger partial charge in [0.15, 0.2) is 0 Å². The molecule has 0 atom stereocenters. The van der Waals surface area contributed by atoms with E-state index in [1.807, 2.05) is 13.8 Å². The van der Waals surface area contributed by atoms with Crippen molar-refractivity contribution in [3.63, 3.8) is 0 Å². The Labute approximate surface area is 111 Å². The van der Waals surface area contributed by atoms with Crippen molar-refractivity contribution in [3.8, 4) is 0 Å². The molecular weight excluding hydrogens is 254 g/mol. The fourth-order valence-electron chi connectivity index (χ4n) is 1.48. The highest BCUT2D eigenvalue weighted by Gasteiger charge is 2.14. The van der Waals surface area contributed by atoms with E-state index in [1.54, 1.807) is 12.4 Å². The number of anilines is 1. The normalized spacial score (nSPS) is 11.3. The van der Waals surface area contributed by atoms with Gasteiger partial charge in [-0.3, -0.25) is 0 Å². The maximum Gasteiger partial charge on any atom is 0.255 e. The van der Waals surface area contributed by atoms with E-state index in [0.717, 1.165) is 5.56 Å². The molecule has 1 aromatic rings. The number of hydrogen-bond donors (Lipinski definition) is 2. The van der Waals surface area contributed by atoms with E-state index in [0.29, 0.717) is 12.6 Å². The lowest BCUT2D eigenvalue weighted by Crippen LogP contribution is -2.33. The van der Waals surface area contributed by atoms with Gasteiger partial charge in [0, 0.05) is 37.1 Å². The van der Waals surface area contributed by atoms with Gasteiger partial charge >= 0.3 is 0 Å². The first-order chi connectivity index (χ1) is 9.02. The minimum atomic E-state index is -2.49. The lowest BCUT2D eigenvalue weighted by atomic mass is 10.3. The third-order valence-corrected chi connectivity index (χ3v) is 2.42. The van der Waals surface area contributed by atoms with Gasteiger partial charge in [-0.1, -0.05) is 13.8 Å². The first-order valence-electron chi connectivity index (χ1n) is 6.21. The molecule has 2 N–H and O–H groups in total. The quantitative estimate of drug-likeness (QED) is 0.741. The summed E-state index contributed by atoms with van der Waals surface area (Å²) in [6.45, 7) is 4.08. The zero-order valence-corrected chi connectivity index (χ0v) is 11.2. The molecule has 0 spiro atoms. The second-order valence-electron chi connectivity index (χ2n) is 4.49. The highest BCUT2D eigenvalue weighted by molar-refractivity contribution is 5.29. The van der Waals surface area contributed by atoms with Gasteiger partial charge in [-0.2, -0.15) is 0 Å². The van der Waals surface area contributed by atoms with Gasteiger partial charge in [-0.15, -0.1) is 0 Å². The van der Waals surface area contributed by atoms with Gasteiger partial charge in [0.1, 0.15) is 0 Å². The average Bonchev–Trinajstić information content (AvgIpc) is 2.36. The van der Waals surface area contributed by atoms with Gasteiger partial charge in [0.05, 0.1) is 13.2 Å². The molecule has 1 rings (SSSR count). The lowest BCUT2D eigenvalue weighted by Gasteiger charge is -2.21. The third-order valence-electron chi connectivity index (χ3n) is 2.42. The van der Waals surface area contributed by atoms with Crippen LogP contribution in [-0.2, 0) is 6.54 Å². The minimum absolute atomic E-state index is 0.0912. The van der Waals surface area contributed by atoms with Crippen molar-refractivity contribution in [3.05, 3.63) is 18.0 Å². The molecule has 108 valence electrons. The Morgan fingerprint density at radius 2 is 1.95 bits per heavy atom. The van der Waals surface area contributed by atoms with Gasteiger partial charge in [-0.05, 0) is 0 Å². The molecule has 0 saturated carbocycles. The summed E-state index contributed by atoms with van der Waals surface area (Å²) in [7, 11) is 0. The summed E-state index contributed by atoms with van der Waals surface area (Å²) in [5.74, 6) is 0.211. The van der Waals surface area contributed by atoms with Crippen LogP contribution >= 0.6 is 0 Å². The Hall–Kier alpha value is -1.34. The standard InChI is InChI=1S/C12H20F2N4O/c1-9(2)15-5-10-6-16-12(17-7-10)18(3-4-19)8-11(13)14/h6-7,9,11,15,19H,3-5,8H2,1-2H3. The molecule has 0 bridgehead atoms. The summed E-state index contributed by atoms with van der Waals surface area (Å²) in [4.78, 5) is 9.39. The predicted molar refractivity (Wildman–Crippen MR) is 69.3 cm³/mol. The molecule has 0 aliphatic heterocycles. The highest BCUT2D eigenvalue weighted by atomic mass is 19.3. The van der Waals surface area contributed by atoms with Crippen molar-refractivity contribution in [2.24, 2.45) is 0 Å². The maximum atomic E-state index is 12.4. The van der Waals surface area contributed by atoms with Crippen LogP contribution in [0.3, 0.4) is 0 Å². The van der Waals surface area contributed by atoms with E-state index in [2.05, 4.69) is 15.3 Å². The molecule has 0 amide bonds. The maximum absolute atomic E-state index is 12.4. The van der Waals surface area contributed by atoms with Crippen molar-refractivity contribution in [2.45, 2.75) is 32.9 Å². The molecule has 0 radical (unpaired) electrons. The molecule has 1 aromatic heterocycles. The Bertz CT molecular complexity index is 359. The number of nitrogens with one attached hydrogen (secondary N) is 1. The van der Waals surface area contributed by atoms with Crippen LogP contribution in [0.15, 0.2) is 12.4 Å². The Morgan fingerprint density at radius 3 is 2.42 bits per heavy atom. The van der Waals surface area contributed by atoms with Gasteiger partial charge in [0.2, 0.25) is 5.95 Å². The minimum Gasteiger partial charge on any atom is -0.395 e. The molecule has 0 aliphatic carbocycles. The molecule has 5 nitrogen and oxygen atoms in total. The first-order valence-corrected chi connectivity index (χ1v) is 6.21. The predicted octanol–water partition coefficient (Wildman–Crippen LogP) is 1.04. The van der Waals surface area contributed by atoms with Gasteiger partial charge in [0.25, 0.3) is 6.43 Å². The lowest BCUT2D eigenvalue weighted by molar-refractivity contribution is 0.152. The van der Waals surface area contributed by atoms with Crippen molar-refractivity contribution >= 4 is 5.95 Å². The van der Waals surface area contributed by atoms with E-state index in [9.17, 15) is 8.78 Å². The fraction of sp³-hybridized carbons (Fsp3) is 0.667. The number of nitrogens with zero attached hydrogens (tertiary/aromatic N) is 3. The number of aliphatic hydroxyl groups excluding tert-OH is 1. The average molecular weight is 274 g/mol. The zero-order chi connectivity index (χ0) is 14.3. The van der Waals surface area contributed by atoms with Gasteiger partial charge in [-0.25, -0.2) is 18.7 Å². The van der Waals surface area contributed by atoms with E-state index in [4.69, 9.17) is 5.11 Å². The number of rotatable bonds is 8. The van der Waals surface area contributed by atoms with E-state index < -0.39 is 13.0 Å². The first kappa shape index (κ1) is 15.7. The number of aromatic nitrogens is 2. The molecular formula is C12H20F2N4O. The Balaban J connectivity index is 2.66. The van der Waals surface area contributed by atoms with Crippen molar-refractivity contribution in [1.82, 2.24) is 15.3 Å². The van der Waals surface area contributed by atoms with Crippen LogP contribution in [0.25, 0.3) is 0 Å². The topological polar surface area (TPSA) is 61.3 Å². The summed E-state index contributed by atoms with van der Waals surface area (Å²) in [6.07, 6.45) is 0.721. The number of alkyl halides is 2. The van der Waals surface area contributed by atoms with Crippen LogP contribution in [0.2, 0.25) is 0 Å². The number of hydrogen-bond acceptors (Lipinski definition) is 5. The number of halogens is 2. The molecule has 0 saturated heterocycles. The molecule has 0 aliphatic rings. The second-order valence-corrected chi connectivity index (χ2v) is 4.49. The van der Waals surface area contributed by atoms with Gasteiger partial charge < -0.3 is 15.3 Å². The highest BCUT2D eigenvalue weighted by Crippen LogP contribution is 2.09. The smallest absolute Gasteiger partial charge is 0.255 e. The van der Waals surface area contributed by atoms with Crippen LogP contribution in [0.4, 0.5) is 14.7 Å². The van der Waals surface area contributed by atoms with Crippen LogP contribution in [0, 0.1) is 0 Å². The largest absolute Gasteiger partial charge is 0.395 e. The monoisotopic (exact) mass is 274 g/mol. The Kier molecular flexibility index (Phi) is 6.58. The van der Waals surface area contributed by atoms with Crippen LogP contribution < -0.4 is 10.2 Å². The van der Waals surface area contributed by atoms with Crippen LogP contribution in [0.1, 0.15) is 19.4 Å². The summed E-state index contributed by atoms with van der Waals surface area (Å²) >= 11 is 0. The van der Waals surface area contributed by atoms with E-state index in [-0.39, 0.29) is 19.1 Å².